The molecule has 0 aliphatic carbocycles. The second-order valence-electron chi connectivity index (χ2n) is 3.55. The third-order valence-electron chi connectivity index (χ3n) is 2.18. The van der Waals surface area contributed by atoms with Gasteiger partial charge in [-0.1, -0.05) is 57.0 Å². The zero-order chi connectivity index (χ0) is 11.4. The highest BCUT2D eigenvalue weighted by Crippen LogP contribution is 2.08. The van der Waals surface area contributed by atoms with Crippen molar-refractivity contribution in [2.45, 2.75) is 58.3 Å². The number of halogens is 1. The SMILES string of the molecule is CCCCCCCCCC(=O)OOCCl. The molecule has 0 saturated heterocycles. The van der Waals surface area contributed by atoms with Crippen LogP contribution in [0, 0.1) is 0 Å². The van der Waals surface area contributed by atoms with Crippen molar-refractivity contribution in [2.24, 2.45) is 0 Å². The van der Waals surface area contributed by atoms with Crippen molar-refractivity contribution in [2.75, 3.05) is 6.07 Å². The van der Waals surface area contributed by atoms with Gasteiger partial charge in [-0.05, 0) is 6.42 Å². The highest BCUT2D eigenvalue weighted by Gasteiger charge is 2.02. The molecule has 0 aromatic rings. The lowest BCUT2D eigenvalue weighted by Crippen LogP contribution is -2.04. The molecule has 0 N–H and O–H groups in total. The number of alkyl halides is 1. The largest absolute Gasteiger partial charge is 0.342 e. The first-order chi connectivity index (χ1) is 7.31. The Balaban J connectivity index is 3.06. The van der Waals surface area contributed by atoms with Crippen molar-refractivity contribution in [1.82, 2.24) is 0 Å². The summed E-state index contributed by atoms with van der Waals surface area (Å²) in [5.41, 5.74) is 0. The fourth-order valence-corrected chi connectivity index (χ4v) is 1.40. The molecule has 0 unspecified atom stereocenters. The van der Waals surface area contributed by atoms with E-state index in [0.29, 0.717) is 6.42 Å². The van der Waals surface area contributed by atoms with Gasteiger partial charge in [-0.2, -0.15) is 4.89 Å². The molecule has 90 valence electrons. The normalized spacial score (nSPS) is 10.3. The molecule has 0 aromatic heterocycles. The van der Waals surface area contributed by atoms with E-state index in [9.17, 15) is 4.79 Å². The van der Waals surface area contributed by atoms with E-state index < -0.39 is 0 Å². The van der Waals surface area contributed by atoms with Gasteiger partial charge < -0.3 is 0 Å². The molecule has 0 bridgehead atoms. The van der Waals surface area contributed by atoms with Crippen molar-refractivity contribution >= 4 is 17.6 Å². The summed E-state index contributed by atoms with van der Waals surface area (Å²) in [6.07, 6.45) is 8.72. The van der Waals surface area contributed by atoms with Crippen LogP contribution in [-0.2, 0) is 14.6 Å². The van der Waals surface area contributed by atoms with E-state index in [4.69, 9.17) is 11.6 Å². The fraction of sp³-hybridized carbons (Fsp3) is 0.909. The minimum atomic E-state index is -0.329. The lowest BCUT2D eigenvalue weighted by Gasteiger charge is -2.01. The first-order valence-corrected chi connectivity index (χ1v) is 6.23. The number of rotatable bonds is 10. The van der Waals surface area contributed by atoms with E-state index in [0.717, 1.165) is 12.8 Å². The third kappa shape index (κ3) is 11.6. The van der Waals surface area contributed by atoms with Gasteiger partial charge in [-0.3, -0.25) is 4.89 Å². The Labute approximate surface area is 97.0 Å². The first kappa shape index (κ1) is 14.7. The lowest BCUT2D eigenvalue weighted by molar-refractivity contribution is -0.261. The summed E-state index contributed by atoms with van der Waals surface area (Å²) in [4.78, 5) is 19.6. The van der Waals surface area contributed by atoms with Crippen molar-refractivity contribution in [1.29, 1.82) is 0 Å². The molecule has 0 amide bonds. The Kier molecular flexibility index (Phi) is 11.6. The molecular weight excluding hydrogens is 216 g/mol. The van der Waals surface area contributed by atoms with E-state index >= 15 is 0 Å². The minimum Gasteiger partial charge on any atom is -0.297 e. The van der Waals surface area contributed by atoms with Crippen LogP contribution in [0.2, 0.25) is 0 Å². The van der Waals surface area contributed by atoms with E-state index in [1.54, 1.807) is 0 Å². The molecule has 0 aliphatic rings. The molecule has 4 heteroatoms. The zero-order valence-electron chi connectivity index (χ0n) is 9.47. The Morgan fingerprint density at radius 1 is 1.07 bits per heavy atom. The van der Waals surface area contributed by atoms with Crippen LogP contribution in [0.25, 0.3) is 0 Å². The number of carbonyl (C=O) groups is 1. The predicted molar refractivity (Wildman–Crippen MR) is 60.5 cm³/mol. The van der Waals surface area contributed by atoms with E-state index in [-0.39, 0.29) is 12.0 Å². The maximum atomic E-state index is 10.9. The third-order valence-corrected chi connectivity index (χ3v) is 2.27. The molecule has 0 rings (SSSR count). The number of carbonyl (C=O) groups excluding carboxylic acids is 1. The number of unbranched alkanes of at least 4 members (excludes halogenated alkanes) is 6. The molecule has 3 nitrogen and oxygen atoms in total. The van der Waals surface area contributed by atoms with Gasteiger partial charge in [0.25, 0.3) is 0 Å². The van der Waals surface area contributed by atoms with Crippen LogP contribution in [0.4, 0.5) is 0 Å². The summed E-state index contributed by atoms with van der Waals surface area (Å²) in [6, 6.07) is -0.108. The van der Waals surface area contributed by atoms with Crippen molar-refractivity contribution in [3.05, 3.63) is 0 Å². The highest BCUT2D eigenvalue weighted by atomic mass is 35.5. The molecular formula is C11H21ClO3. The fourth-order valence-electron chi connectivity index (χ4n) is 1.36. The van der Waals surface area contributed by atoms with Gasteiger partial charge in [0.05, 0.1) is 0 Å². The molecule has 0 aromatic carbocycles. The van der Waals surface area contributed by atoms with Crippen LogP contribution >= 0.6 is 11.6 Å². The van der Waals surface area contributed by atoms with E-state index in [1.165, 1.54) is 32.1 Å². The second kappa shape index (κ2) is 11.8. The number of hydrogen-bond donors (Lipinski definition) is 0. The molecule has 0 aliphatic heterocycles. The smallest absolute Gasteiger partial charge is 0.297 e. The maximum absolute atomic E-state index is 10.9. The monoisotopic (exact) mass is 236 g/mol. The average molecular weight is 237 g/mol. The summed E-state index contributed by atoms with van der Waals surface area (Å²) in [5, 5.41) is 0. The summed E-state index contributed by atoms with van der Waals surface area (Å²) < 4.78 is 0. The van der Waals surface area contributed by atoms with Gasteiger partial charge >= 0.3 is 5.97 Å². The van der Waals surface area contributed by atoms with Crippen molar-refractivity contribution < 1.29 is 14.6 Å². The van der Waals surface area contributed by atoms with Gasteiger partial charge in [-0.15, -0.1) is 0 Å². The molecule has 0 atom stereocenters. The summed E-state index contributed by atoms with van der Waals surface area (Å²) in [6.45, 7) is 2.20. The molecule has 0 spiro atoms. The highest BCUT2D eigenvalue weighted by molar-refractivity contribution is 6.17. The van der Waals surface area contributed by atoms with Crippen LogP contribution in [0.5, 0.6) is 0 Å². The Morgan fingerprint density at radius 3 is 2.27 bits per heavy atom. The molecule has 0 heterocycles. The summed E-state index contributed by atoms with van der Waals surface area (Å²) in [7, 11) is 0. The maximum Gasteiger partial charge on any atom is 0.342 e. The molecule has 0 fully saturated rings. The topological polar surface area (TPSA) is 35.5 Å². The quantitative estimate of drug-likeness (QED) is 0.251. The standard InChI is InChI=1S/C11H21ClO3/c1-2-3-4-5-6-7-8-9-11(13)15-14-10-12/h2-10H2,1H3. The Hall–Kier alpha value is -0.280. The second-order valence-corrected chi connectivity index (χ2v) is 3.77. The Bertz CT molecular complexity index is 151. The number of hydrogen-bond acceptors (Lipinski definition) is 3. The van der Waals surface area contributed by atoms with Gasteiger partial charge in [0, 0.05) is 6.42 Å². The van der Waals surface area contributed by atoms with Gasteiger partial charge in [0.15, 0.2) is 6.07 Å². The summed E-state index contributed by atoms with van der Waals surface area (Å²) in [5.74, 6) is -0.329. The van der Waals surface area contributed by atoms with Crippen molar-refractivity contribution in [3.8, 4) is 0 Å². The van der Waals surface area contributed by atoms with Crippen LogP contribution < -0.4 is 0 Å². The molecule has 15 heavy (non-hydrogen) atoms. The average Bonchev–Trinajstić information content (AvgIpc) is 2.25. The van der Waals surface area contributed by atoms with Gasteiger partial charge in [0.1, 0.15) is 0 Å². The van der Waals surface area contributed by atoms with E-state index in [2.05, 4.69) is 16.7 Å². The predicted octanol–water partition coefficient (Wildman–Crippen LogP) is 3.80. The summed E-state index contributed by atoms with van der Waals surface area (Å²) >= 11 is 5.18. The van der Waals surface area contributed by atoms with Crippen LogP contribution in [0.3, 0.4) is 0 Å². The van der Waals surface area contributed by atoms with Gasteiger partial charge in [-0.25, -0.2) is 4.79 Å². The lowest BCUT2D eigenvalue weighted by atomic mass is 10.1. The minimum absolute atomic E-state index is 0.108. The van der Waals surface area contributed by atoms with Crippen LogP contribution in [0.1, 0.15) is 58.3 Å². The van der Waals surface area contributed by atoms with Crippen LogP contribution in [-0.4, -0.2) is 12.0 Å². The van der Waals surface area contributed by atoms with E-state index in [1.807, 2.05) is 0 Å². The van der Waals surface area contributed by atoms with Gasteiger partial charge in [0.2, 0.25) is 0 Å². The van der Waals surface area contributed by atoms with Crippen LogP contribution in [0.15, 0.2) is 0 Å². The van der Waals surface area contributed by atoms with Crippen molar-refractivity contribution in [3.63, 3.8) is 0 Å². The Morgan fingerprint density at radius 2 is 1.67 bits per heavy atom. The molecule has 0 radical (unpaired) electrons. The first-order valence-electron chi connectivity index (χ1n) is 5.69. The molecule has 0 saturated carbocycles. The zero-order valence-corrected chi connectivity index (χ0v) is 10.2.